The summed E-state index contributed by atoms with van der Waals surface area (Å²) >= 11 is 0. The molecule has 0 saturated heterocycles. The van der Waals surface area contributed by atoms with E-state index in [0.29, 0.717) is 12.0 Å². The van der Waals surface area contributed by atoms with Gasteiger partial charge >= 0.3 is 0 Å². The Bertz CT molecular complexity index is 370. The van der Waals surface area contributed by atoms with Crippen molar-refractivity contribution >= 4 is 0 Å². The molecule has 5 nitrogen and oxygen atoms in total. The molecular weight excluding hydrogens is 262 g/mol. The van der Waals surface area contributed by atoms with Crippen molar-refractivity contribution in [2.75, 3.05) is 19.6 Å². The first-order chi connectivity index (χ1) is 10.1. The van der Waals surface area contributed by atoms with Crippen LogP contribution in [0.5, 0.6) is 0 Å². The van der Waals surface area contributed by atoms with Crippen LogP contribution in [0.15, 0.2) is 6.33 Å². The van der Waals surface area contributed by atoms with Gasteiger partial charge in [-0.25, -0.2) is 9.67 Å². The number of aromatic nitrogens is 3. The van der Waals surface area contributed by atoms with Gasteiger partial charge in [-0.05, 0) is 45.3 Å². The molecule has 0 bridgehead atoms. The third-order valence-electron chi connectivity index (χ3n) is 3.85. The topological polar surface area (TPSA) is 46.0 Å². The Hall–Kier alpha value is -0.940. The molecule has 0 spiro atoms. The molecule has 0 aliphatic rings. The Morgan fingerprint density at radius 1 is 1.24 bits per heavy atom. The van der Waals surface area contributed by atoms with E-state index < -0.39 is 0 Å². The molecule has 21 heavy (non-hydrogen) atoms. The summed E-state index contributed by atoms with van der Waals surface area (Å²) in [5, 5.41) is 7.87. The van der Waals surface area contributed by atoms with Gasteiger partial charge in [0.2, 0.25) is 0 Å². The second-order valence-electron chi connectivity index (χ2n) is 6.20. The lowest BCUT2D eigenvalue weighted by Gasteiger charge is -2.19. The number of nitrogens with one attached hydrogen (secondary N) is 1. The minimum atomic E-state index is 0.518. The van der Waals surface area contributed by atoms with E-state index in [-0.39, 0.29) is 0 Å². The smallest absolute Gasteiger partial charge is 0.140 e. The largest absolute Gasteiger partial charge is 0.307 e. The van der Waals surface area contributed by atoms with Crippen LogP contribution >= 0.6 is 0 Å². The highest BCUT2D eigenvalue weighted by Gasteiger charge is 2.08. The minimum Gasteiger partial charge on any atom is -0.307 e. The summed E-state index contributed by atoms with van der Waals surface area (Å²) in [5.74, 6) is 1.64. The van der Waals surface area contributed by atoms with E-state index in [1.807, 2.05) is 4.68 Å². The summed E-state index contributed by atoms with van der Waals surface area (Å²) in [6.45, 7) is 16.4. The fourth-order valence-corrected chi connectivity index (χ4v) is 2.45. The van der Waals surface area contributed by atoms with Crippen molar-refractivity contribution in [1.29, 1.82) is 0 Å². The maximum absolute atomic E-state index is 4.36. The van der Waals surface area contributed by atoms with Gasteiger partial charge in [-0.2, -0.15) is 5.10 Å². The van der Waals surface area contributed by atoms with Crippen molar-refractivity contribution in [3.05, 3.63) is 12.2 Å². The standard InChI is InChI=1S/C16H33N5/c1-6-20(7-2)10-8-9-15(5)17-11-16-18-13-19-21(16)12-14(3)4/h13-15,17H,6-12H2,1-5H3. The number of hydrogen-bond donors (Lipinski definition) is 1. The first-order valence-corrected chi connectivity index (χ1v) is 8.39. The van der Waals surface area contributed by atoms with E-state index >= 15 is 0 Å². The molecule has 1 heterocycles. The lowest BCUT2D eigenvalue weighted by atomic mass is 10.1. The summed E-state index contributed by atoms with van der Waals surface area (Å²) in [6.07, 6.45) is 4.10. The number of rotatable bonds is 11. The van der Waals surface area contributed by atoms with Crippen molar-refractivity contribution in [2.24, 2.45) is 5.92 Å². The molecule has 0 aliphatic carbocycles. The summed E-state index contributed by atoms with van der Waals surface area (Å²) < 4.78 is 2.01. The highest BCUT2D eigenvalue weighted by molar-refractivity contribution is 4.85. The molecule has 0 aliphatic heterocycles. The van der Waals surface area contributed by atoms with Crippen molar-refractivity contribution in [3.63, 3.8) is 0 Å². The van der Waals surface area contributed by atoms with Crippen molar-refractivity contribution in [3.8, 4) is 0 Å². The Kier molecular flexibility index (Phi) is 8.54. The predicted molar refractivity (Wildman–Crippen MR) is 88.2 cm³/mol. The van der Waals surface area contributed by atoms with Gasteiger partial charge < -0.3 is 10.2 Å². The van der Waals surface area contributed by atoms with E-state index in [4.69, 9.17) is 0 Å². The maximum atomic E-state index is 4.36. The molecule has 1 aromatic heterocycles. The van der Waals surface area contributed by atoms with E-state index in [1.54, 1.807) is 6.33 Å². The van der Waals surface area contributed by atoms with Crippen LogP contribution in [-0.4, -0.2) is 45.3 Å². The fourth-order valence-electron chi connectivity index (χ4n) is 2.45. The van der Waals surface area contributed by atoms with Gasteiger partial charge in [0.05, 0.1) is 6.54 Å². The van der Waals surface area contributed by atoms with Crippen LogP contribution in [0, 0.1) is 5.92 Å². The van der Waals surface area contributed by atoms with Crippen LogP contribution in [0.1, 0.15) is 53.3 Å². The molecule has 0 amide bonds. The van der Waals surface area contributed by atoms with Gasteiger partial charge in [0.25, 0.3) is 0 Å². The average Bonchev–Trinajstić information content (AvgIpc) is 2.88. The first kappa shape index (κ1) is 18.1. The lowest BCUT2D eigenvalue weighted by molar-refractivity contribution is 0.290. The van der Waals surface area contributed by atoms with Crippen LogP contribution in [0.3, 0.4) is 0 Å². The number of hydrogen-bond acceptors (Lipinski definition) is 4. The average molecular weight is 295 g/mol. The summed E-state index contributed by atoms with van der Waals surface area (Å²) in [5.41, 5.74) is 0. The van der Waals surface area contributed by atoms with Gasteiger partial charge in [0.1, 0.15) is 12.2 Å². The van der Waals surface area contributed by atoms with Crippen LogP contribution < -0.4 is 5.32 Å². The van der Waals surface area contributed by atoms with Crippen LogP contribution in [0.25, 0.3) is 0 Å². The summed E-state index contributed by atoms with van der Waals surface area (Å²) in [4.78, 5) is 6.84. The summed E-state index contributed by atoms with van der Waals surface area (Å²) in [6, 6.07) is 0.518. The van der Waals surface area contributed by atoms with Gasteiger partial charge in [-0.3, -0.25) is 0 Å². The zero-order valence-electron chi connectivity index (χ0n) is 14.5. The van der Waals surface area contributed by atoms with E-state index in [0.717, 1.165) is 32.0 Å². The van der Waals surface area contributed by atoms with Crippen molar-refractivity contribution in [2.45, 2.75) is 66.6 Å². The van der Waals surface area contributed by atoms with Crippen LogP contribution in [0.4, 0.5) is 0 Å². The molecule has 5 heteroatoms. The molecule has 1 atom stereocenters. The molecule has 122 valence electrons. The maximum Gasteiger partial charge on any atom is 0.140 e. The fraction of sp³-hybridized carbons (Fsp3) is 0.875. The molecule has 1 unspecified atom stereocenters. The van der Waals surface area contributed by atoms with E-state index in [9.17, 15) is 0 Å². The highest BCUT2D eigenvalue weighted by Crippen LogP contribution is 2.03. The van der Waals surface area contributed by atoms with Crippen LogP contribution in [-0.2, 0) is 13.1 Å². The van der Waals surface area contributed by atoms with E-state index in [2.05, 4.69) is 54.9 Å². The monoisotopic (exact) mass is 295 g/mol. The third-order valence-corrected chi connectivity index (χ3v) is 3.85. The quantitative estimate of drug-likeness (QED) is 0.681. The SMILES string of the molecule is CCN(CC)CCCC(C)NCc1ncnn1CC(C)C. The minimum absolute atomic E-state index is 0.518. The molecular formula is C16H33N5. The van der Waals surface area contributed by atoms with Crippen molar-refractivity contribution in [1.82, 2.24) is 25.0 Å². The second kappa shape index (κ2) is 9.90. The third kappa shape index (κ3) is 7.05. The van der Waals surface area contributed by atoms with Gasteiger partial charge in [0, 0.05) is 12.6 Å². The molecule has 1 rings (SSSR count). The molecule has 1 N–H and O–H groups in total. The second-order valence-corrected chi connectivity index (χ2v) is 6.20. The Morgan fingerprint density at radius 2 is 1.95 bits per heavy atom. The Balaban J connectivity index is 2.26. The first-order valence-electron chi connectivity index (χ1n) is 8.39. The normalized spacial score (nSPS) is 13.3. The Labute approximate surface area is 130 Å². The molecule has 0 radical (unpaired) electrons. The van der Waals surface area contributed by atoms with E-state index in [1.165, 1.54) is 19.4 Å². The predicted octanol–water partition coefficient (Wildman–Crippen LogP) is 2.53. The highest BCUT2D eigenvalue weighted by atomic mass is 15.3. The summed E-state index contributed by atoms with van der Waals surface area (Å²) in [7, 11) is 0. The van der Waals surface area contributed by atoms with Gasteiger partial charge in [-0.1, -0.05) is 27.7 Å². The molecule has 0 saturated carbocycles. The molecule has 0 fully saturated rings. The lowest BCUT2D eigenvalue weighted by Crippen LogP contribution is -2.29. The van der Waals surface area contributed by atoms with Gasteiger partial charge in [0.15, 0.2) is 0 Å². The van der Waals surface area contributed by atoms with Crippen molar-refractivity contribution < 1.29 is 0 Å². The van der Waals surface area contributed by atoms with Crippen LogP contribution in [0.2, 0.25) is 0 Å². The Morgan fingerprint density at radius 3 is 2.57 bits per heavy atom. The zero-order valence-corrected chi connectivity index (χ0v) is 14.5. The molecule has 0 aromatic carbocycles. The zero-order chi connectivity index (χ0) is 15.7. The molecule has 1 aromatic rings. The number of nitrogens with zero attached hydrogens (tertiary/aromatic N) is 4. The van der Waals surface area contributed by atoms with Gasteiger partial charge in [-0.15, -0.1) is 0 Å².